The van der Waals surface area contributed by atoms with E-state index in [-0.39, 0.29) is 16.9 Å². The summed E-state index contributed by atoms with van der Waals surface area (Å²) in [4.78, 5) is 16.9. The molecule has 37 heavy (non-hydrogen) atoms. The smallest absolute Gasteiger partial charge is 0.371 e. The Morgan fingerprint density at radius 3 is 2.35 bits per heavy atom. The highest BCUT2D eigenvalue weighted by molar-refractivity contribution is 5.95. The lowest BCUT2D eigenvalue weighted by Gasteiger charge is -2.39. The predicted octanol–water partition coefficient (Wildman–Crippen LogP) is 5.89. The first-order valence-corrected chi connectivity index (χ1v) is 12.7. The van der Waals surface area contributed by atoms with Gasteiger partial charge in [-0.15, -0.1) is 5.10 Å². The zero-order valence-corrected chi connectivity index (χ0v) is 21.6. The van der Waals surface area contributed by atoms with E-state index in [1.54, 1.807) is 6.07 Å². The number of fused-ring (bicyclic) bond motifs is 1. The van der Waals surface area contributed by atoms with E-state index in [1.807, 2.05) is 31.9 Å². The van der Waals surface area contributed by atoms with Gasteiger partial charge in [0.1, 0.15) is 0 Å². The van der Waals surface area contributed by atoms with Crippen molar-refractivity contribution in [1.82, 2.24) is 15.1 Å². The molecule has 1 aromatic heterocycles. The number of hydrogen-bond acceptors (Lipinski definition) is 5. The van der Waals surface area contributed by atoms with Gasteiger partial charge in [-0.05, 0) is 69.4 Å². The molecule has 1 spiro atoms. The standard InChI is InChI=1S/C28H32F3N5O/c1-17-21(6-5-7-24(17)28(29,30)31)18(2)32-25-23-16-20(8-9-22(23)19(3)33-34-25)36-14-11-27(12-15-36)10-13-35(4)26(27)37/h5-9,16,18H,10-15H2,1-4H3,(H,32,34). The SMILES string of the molecule is Cc1c(C(C)Nc2nnc(C)c3ccc(N4CCC5(CCN(C)C5=O)CC4)cc23)cccc1C(F)(F)F. The zero-order valence-electron chi connectivity index (χ0n) is 21.6. The van der Waals surface area contributed by atoms with Crippen molar-refractivity contribution >= 4 is 28.2 Å². The number of aromatic nitrogens is 2. The van der Waals surface area contributed by atoms with Gasteiger partial charge in [0.05, 0.1) is 22.7 Å². The number of likely N-dealkylation sites (tertiary alicyclic amines) is 1. The molecule has 2 fully saturated rings. The second-order valence-corrected chi connectivity index (χ2v) is 10.5. The van der Waals surface area contributed by atoms with Crippen molar-refractivity contribution in [2.75, 3.05) is 36.9 Å². The molecule has 0 radical (unpaired) electrons. The first-order valence-electron chi connectivity index (χ1n) is 12.7. The lowest BCUT2D eigenvalue weighted by molar-refractivity contribution is -0.138. The highest BCUT2D eigenvalue weighted by Crippen LogP contribution is 2.42. The zero-order chi connectivity index (χ0) is 26.5. The minimum Gasteiger partial charge on any atom is -0.371 e. The third-order valence-corrected chi connectivity index (χ3v) is 8.26. The average molecular weight is 512 g/mol. The van der Waals surface area contributed by atoms with Crippen molar-refractivity contribution in [2.45, 2.75) is 52.3 Å². The summed E-state index contributed by atoms with van der Waals surface area (Å²) < 4.78 is 40.4. The number of nitrogens with one attached hydrogen (secondary N) is 1. The van der Waals surface area contributed by atoms with Gasteiger partial charge in [0.25, 0.3) is 0 Å². The van der Waals surface area contributed by atoms with Gasteiger partial charge in [0.15, 0.2) is 5.82 Å². The molecule has 2 aliphatic heterocycles. The Labute approximate surface area is 214 Å². The number of carbonyl (C=O) groups is 1. The molecule has 6 nitrogen and oxygen atoms in total. The lowest BCUT2D eigenvalue weighted by atomic mass is 9.77. The highest BCUT2D eigenvalue weighted by atomic mass is 19.4. The van der Waals surface area contributed by atoms with Crippen LogP contribution in [0.15, 0.2) is 36.4 Å². The molecule has 1 N–H and O–H groups in total. The molecule has 1 atom stereocenters. The Morgan fingerprint density at radius 2 is 1.70 bits per heavy atom. The molecule has 196 valence electrons. The van der Waals surface area contributed by atoms with Crippen molar-refractivity contribution < 1.29 is 18.0 Å². The number of alkyl halides is 3. The number of hydrogen-bond donors (Lipinski definition) is 1. The molecule has 2 saturated heterocycles. The Morgan fingerprint density at radius 1 is 1.00 bits per heavy atom. The predicted molar refractivity (Wildman–Crippen MR) is 139 cm³/mol. The minimum absolute atomic E-state index is 0.203. The van der Waals surface area contributed by atoms with Crippen LogP contribution in [0.1, 0.15) is 54.6 Å². The van der Waals surface area contributed by atoms with Gasteiger partial charge in [0.2, 0.25) is 5.91 Å². The van der Waals surface area contributed by atoms with E-state index in [4.69, 9.17) is 0 Å². The normalized spacial score (nSPS) is 18.6. The fourth-order valence-corrected chi connectivity index (χ4v) is 5.94. The molecule has 5 rings (SSSR count). The van der Waals surface area contributed by atoms with Crippen LogP contribution in [0.2, 0.25) is 0 Å². The minimum atomic E-state index is -4.41. The third kappa shape index (κ3) is 4.49. The summed E-state index contributed by atoms with van der Waals surface area (Å²) in [7, 11) is 1.88. The van der Waals surface area contributed by atoms with Crippen LogP contribution in [0.3, 0.4) is 0 Å². The van der Waals surface area contributed by atoms with Gasteiger partial charge < -0.3 is 15.1 Å². The number of rotatable bonds is 4. The molecule has 0 aliphatic carbocycles. The second-order valence-electron chi connectivity index (χ2n) is 10.5. The Bertz CT molecular complexity index is 1350. The van der Waals surface area contributed by atoms with Crippen LogP contribution in [0, 0.1) is 19.3 Å². The third-order valence-electron chi connectivity index (χ3n) is 8.26. The Hall–Kier alpha value is -3.36. The topological polar surface area (TPSA) is 61.4 Å². The van der Waals surface area contributed by atoms with Gasteiger partial charge in [-0.1, -0.05) is 18.2 Å². The fraction of sp³-hybridized carbons (Fsp3) is 0.464. The summed E-state index contributed by atoms with van der Waals surface area (Å²) in [6, 6.07) is 10.0. The van der Waals surface area contributed by atoms with Gasteiger partial charge in [-0.25, -0.2) is 0 Å². The monoisotopic (exact) mass is 511 g/mol. The molecule has 9 heteroatoms. The Balaban J connectivity index is 1.42. The Kier molecular flexibility index (Phi) is 6.28. The van der Waals surface area contributed by atoms with Crippen LogP contribution in [0.4, 0.5) is 24.7 Å². The summed E-state index contributed by atoms with van der Waals surface area (Å²) in [5.41, 5.74) is 1.74. The van der Waals surface area contributed by atoms with Crippen LogP contribution >= 0.6 is 0 Å². The quantitative estimate of drug-likeness (QED) is 0.474. The summed E-state index contributed by atoms with van der Waals surface area (Å²) in [5.74, 6) is 0.801. The van der Waals surface area contributed by atoms with Crippen molar-refractivity contribution in [3.63, 3.8) is 0 Å². The van der Waals surface area contributed by atoms with Gasteiger partial charge in [-0.2, -0.15) is 18.3 Å². The molecule has 2 aromatic carbocycles. The number of carbonyl (C=O) groups excluding carboxylic acids is 1. The molecular weight excluding hydrogens is 479 g/mol. The van der Waals surface area contributed by atoms with Gasteiger partial charge in [0, 0.05) is 43.1 Å². The summed E-state index contributed by atoms with van der Waals surface area (Å²) in [6.45, 7) is 7.65. The number of anilines is 2. The fourth-order valence-electron chi connectivity index (χ4n) is 5.94. The molecule has 3 heterocycles. The molecule has 0 saturated carbocycles. The van der Waals surface area contributed by atoms with Crippen molar-refractivity contribution in [3.05, 3.63) is 58.8 Å². The van der Waals surface area contributed by atoms with Crippen molar-refractivity contribution in [3.8, 4) is 0 Å². The number of aryl methyl sites for hydroxylation is 1. The van der Waals surface area contributed by atoms with Crippen LogP contribution in [0.25, 0.3) is 10.8 Å². The van der Waals surface area contributed by atoms with Crippen LogP contribution in [-0.4, -0.2) is 47.7 Å². The van der Waals surface area contributed by atoms with E-state index in [1.165, 1.54) is 13.0 Å². The molecule has 1 amide bonds. The maximum atomic E-state index is 13.5. The van der Waals surface area contributed by atoms with Gasteiger partial charge in [-0.3, -0.25) is 4.79 Å². The molecule has 0 bridgehead atoms. The van der Waals surface area contributed by atoms with E-state index in [0.29, 0.717) is 11.4 Å². The molecule has 3 aromatic rings. The van der Waals surface area contributed by atoms with E-state index >= 15 is 0 Å². The number of nitrogens with zero attached hydrogens (tertiary/aromatic N) is 4. The number of piperidine rings is 1. The summed E-state index contributed by atoms with van der Waals surface area (Å²) >= 11 is 0. The van der Waals surface area contributed by atoms with Crippen LogP contribution in [0.5, 0.6) is 0 Å². The maximum Gasteiger partial charge on any atom is 0.416 e. The van der Waals surface area contributed by atoms with Crippen LogP contribution in [-0.2, 0) is 11.0 Å². The van der Waals surface area contributed by atoms with E-state index in [2.05, 4.69) is 32.5 Å². The van der Waals surface area contributed by atoms with Crippen molar-refractivity contribution in [1.29, 1.82) is 0 Å². The van der Waals surface area contributed by atoms with Gasteiger partial charge >= 0.3 is 6.18 Å². The average Bonchev–Trinajstić information content (AvgIpc) is 3.14. The first kappa shape index (κ1) is 25.3. The van der Waals surface area contributed by atoms with Crippen LogP contribution < -0.4 is 10.2 Å². The lowest BCUT2D eigenvalue weighted by Crippen LogP contribution is -2.44. The van der Waals surface area contributed by atoms with E-state index in [9.17, 15) is 18.0 Å². The number of amides is 1. The van der Waals surface area contributed by atoms with Crippen molar-refractivity contribution in [2.24, 2.45) is 5.41 Å². The largest absolute Gasteiger partial charge is 0.416 e. The summed E-state index contributed by atoms with van der Waals surface area (Å²) in [5, 5.41) is 13.8. The van der Waals surface area contributed by atoms with E-state index in [0.717, 1.165) is 67.1 Å². The molecule has 2 aliphatic rings. The van der Waals surface area contributed by atoms with E-state index < -0.39 is 17.8 Å². The summed E-state index contributed by atoms with van der Waals surface area (Å²) in [6.07, 6.45) is -1.82. The maximum absolute atomic E-state index is 13.5. The molecular formula is C28H32F3N5O. The first-order chi connectivity index (χ1) is 17.5. The second kappa shape index (κ2) is 9.19. The number of benzene rings is 2. The number of halogens is 3. The molecule has 1 unspecified atom stereocenters. The highest BCUT2D eigenvalue weighted by Gasteiger charge is 2.46.